The van der Waals surface area contributed by atoms with Gasteiger partial charge in [-0.3, -0.25) is 4.68 Å². The predicted octanol–water partition coefficient (Wildman–Crippen LogP) is 2.02. The number of nitrogens with zero attached hydrogens (tertiary/aromatic N) is 3. The molecule has 0 saturated heterocycles. The van der Waals surface area contributed by atoms with E-state index in [4.69, 9.17) is 10.5 Å². The molecule has 0 spiro atoms. The maximum Gasteiger partial charge on any atom is 0.0713 e. The molecule has 2 N–H and O–H groups in total. The Morgan fingerprint density at radius 2 is 2.21 bits per heavy atom. The lowest BCUT2D eigenvalue weighted by atomic mass is 9.86. The number of halogens is 1. The largest absolute Gasteiger partial charge is 0.383 e. The molecule has 1 aromatic heterocycles. The smallest absolute Gasteiger partial charge is 0.0713 e. The van der Waals surface area contributed by atoms with E-state index in [9.17, 15) is 0 Å². The molecule has 1 rings (SSSR count). The minimum Gasteiger partial charge on any atom is -0.383 e. The van der Waals surface area contributed by atoms with Crippen LogP contribution in [0.25, 0.3) is 0 Å². The summed E-state index contributed by atoms with van der Waals surface area (Å²) in [6.07, 6.45) is 2.76. The summed E-state index contributed by atoms with van der Waals surface area (Å²) in [5, 5.41) is 4.37. The molecular formula is C13H25BrN4O. The zero-order valence-corrected chi connectivity index (χ0v) is 14.1. The summed E-state index contributed by atoms with van der Waals surface area (Å²) in [4.78, 5) is 2.18. The summed E-state index contributed by atoms with van der Waals surface area (Å²) in [6, 6.07) is -0.124. The molecule has 5 nitrogen and oxygen atoms in total. The van der Waals surface area contributed by atoms with Crippen LogP contribution in [0, 0.1) is 0 Å². The second-order valence-electron chi connectivity index (χ2n) is 5.18. The van der Waals surface area contributed by atoms with Crippen molar-refractivity contribution in [1.29, 1.82) is 0 Å². The third kappa shape index (κ3) is 3.37. The molecule has 0 amide bonds. The van der Waals surface area contributed by atoms with Crippen molar-refractivity contribution in [2.75, 3.05) is 27.8 Å². The van der Waals surface area contributed by atoms with E-state index < -0.39 is 0 Å². The van der Waals surface area contributed by atoms with Crippen LogP contribution in [0.1, 0.15) is 32.0 Å². The minimum absolute atomic E-state index is 0.118. The van der Waals surface area contributed by atoms with Gasteiger partial charge in [-0.2, -0.15) is 5.10 Å². The fourth-order valence-electron chi connectivity index (χ4n) is 2.15. The molecule has 0 saturated carbocycles. The van der Waals surface area contributed by atoms with E-state index in [-0.39, 0.29) is 11.6 Å². The summed E-state index contributed by atoms with van der Waals surface area (Å²) in [7, 11) is 5.81. The molecule has 6 heteroatoms. The summed E-state index contributed by atoms with van der Waals surface area (Å²) in [5.74, 6) is 0. The zero-order valence-electron chi connectivity index (χ0n) is 12.5. The normalized spacial score (nSPS) is 16.6. The second-order valence-corrected chi connectivity index (χ2v) is 6.03. The van der Waals surface area contributed by atoms with Crippen LogP contribution in [0.2, 0.25) is 0 Å². The molecule has 0 bridgehead atoms. The number of rotatable bonds is 7. The molecule has 0 aliphatic rings. The van der Waals surface area contributed by atoms with Gasteiger partial charge in [0, 0.05) is 12.6 Å². The van der Waals surface area contributed by atoms with Crippen molar-refractivity contribution in [3.8, 4) is 0 Å². The fraction of sp³-hybridized carbons (Fsp3) is 0.769. The Bertz CT molecular complexity index is 407. The number of ether oxygens (including phenoxy) is 1. The van der Waals surface area contributed by atoms with E-state index in [0.29, 0.717) is 13.2 Å². The number of hydrogen-bond acceptors (Lipinski definition) is 4. The molecular weight excluding hydrogens is 308 g/mol. The van der Waals surface area contributed by atoms with Gasteiger partial charge in [-0.1, -0.05) is 6.92 Å². The lowest BCUT2D eigenvalue weighted by Gasteiger charge is -2.41. The lowest BCUT2D eigenvalue weighted by molar-refractivity contribution is 0.124. The van der Waals surface area contributed by atoms with E-state index >= 15 is 0 Å². The molecule has 2 atom stereocenters. The van der Waals surface area contributed by atoms with E-state index in [1.807, 2.05) is 4.68 Å². The van der Waals surface area contributed by atoms with Crippen LogP contribution in [0.15, 0.2) is 10.7 Å². The Balaban J connectivity index is 3.10. The molecule has 0 radical (unpaired) electrons. The van der Waals surface area contributed by atoms with Gasteiger partial charge in [0.1, 0.15) is 0 Å². The first-order valence-corrected chi connectivity index (χ1v) is 7.30. The second kappa shape index (κ2) is 6.83. The summed E-state index contributed by atoms with van der Waals surface area (Å²) in [5.41, 5.74) is 7.44. The van der Waals surface area contributed by atoms with Gasteiger partial charge < -0.3 is 15.4 Å². The van der Waals surface area contributed by atoms with Crippen molar-refractivity contribution >= 4 is 15.9 Å². The molecule has 1 heterocycles. The number of hydrogen-bond donors (Lipinski definition) is 1. The van der Waals surface area contributed by atoms with Crippen LogP contribution in [0.5, 0.6) is 0 Å². The number of nitrogens with two attached hydrogens (primary N) is 1. The Hall–Kier alpha value is -0.430. The van der Waals surface area contributed by atoms with Gasteiger partial charge in [0.25, 0.3) is 0 Å². The van der Waals surface area contributed by atoms with Gasteiger partial charge in [-0.15, -0.1) is 0 Å². The Labute approximate surface area is 124 Å². The predicted molar refractivity (Wildman–Crippen MR) is 81.1 cm³/mol. The zero-order chi connectivity index (χ0) is 14.6. The van der Waals surface area contributed by atoms with Gasteiger partial charge in [0.15, 0.2) is 0 Å². The summed E-state index contributed by atoms with van der Waals surface area (Å²) >= 11 is 3.56. The summed E-state index contributed by atoms with van der Waals surface area (Å²) in [6.45, 7) is 5.67. The molecule has 0 fully saturated rings. The molecule has 0 aliphatic heterocycles. The summed E-state index contributed by atoms with van der Waals surface area (Å²) < 4.78 is 8.00. The topological polar surface area (TPSA) is 56.3 Å². The van der Waals surface area contributed by atoms with Crippen LogP contribution in [0.3, 0.4) is 0 Å². The van der Waals surface area contributed by atoms with Crippen molar-refractivity contribution in [2.24, 2.45) is 5.73 Å². The minimum atomic E-state index is -0.124. The maximum absolute atomic E-state index is 6.53. The molecule has 2 unspecified atom stereocenters. The average molecular weight is 333 g/mol. The first-order valence-electron chi connectivity index (χ1n) is 6.51. The standard InChI is InChI=1S/C13H25BrN4O/c1-6-13(2,17(3)4)12(15)11-10(14)9-16-18(11)7-8-19-5/h9,12H,6-8,15H2,1-5H3. The first-order chi connectivity index (χ1) is 8.88. The molecule has 110 valence electrons. The quantitative estimate of drug-likeness (QED) is 0.829. The third-order valence-corrected chi connectivity index (χ3v) is 4.65. The van der Waals surface area contributed by atoms with Gasteiger partial charge >= 0.3 is 0 Å². The number of aromatic nitrogens is 2. The van der Waals surface area contributed by atoms with E-state index in [1.165, 1.54) is 0 Å². The number of methoxy groups -OCH3 is 1. The van der Waals surface area contributed by atoms with Crippen molar-refractivity contribution in [3.05, 3.63) is 16.4 Å². The van der Waals surface area contributed by atoms with Crippen LogP contribution in [-0.2, 0) is 11.3 Å². The van der Waals surface area contributed by atoms with Crippen molar-refractivity contribution in [3.63, 3.8) is 0 Å². The fourth-order valence-corrected chi connectivity index (χ4v) is 2.69. The van der Waals surface area contributed by atoms with E-state index in [1.54, 1.807) is 13.3 Å². The maximum atomic E-state index is 6.53. The molecule has 0 aliphatic carbocycles. The highest BCUT2D eigenvalue weighted by atomic mass is 79.9. The van der Waals surface area contributed by atoms with E-state index in [2.05, 4.69) is 53.9 Å². The third-order valence-electron chi connectivity index (χ3n) is 4.04. The SMILES string of the molecule is CCC(C)(C(N)c1c(Br)cnn1CCOC)N(C)C. The van der Waals surface area contributed by atoms with Crippen LogP contribution >= 0.6 is 15.9 Å². The first kappa shape index (κ1) is 16.6. The Morgan fingerprint density at radius 3 is 2.68 bits per heavy atom. The van der Waals surface area contributed by atoms with Crippen molar-refractivity contribution < 1.29 is 4.74 Å². The van der Waals surface area contributed by atoms with Gasteiger partial charge in [-0.05, 0) is 43.4 Å². The van der Waals surface area contributed by atoms with Crippen LogP contribution < -0.4 is 5.73 Å². The highest BCUT2D eigenvalue weighted by Crippen LogP contribution is 2.34. The molecule has 19 heavy (non-hydrogen) atoms. The average Bonchev–Trinajstić information content (AvgIpc) is 2.75. The number of likely N-dealkylation sites (N-methyl/N-ethyl adjacent to an activating group) is 1. The highest BCUT2D eigenvalue weighted by Gasteiger charge is 2.36. The van der Waals surface area contributed by atoms with Crippen molar-refractivity contribution in [1.82, 2.24) is 14.7 Å². The van der Waals surface area contributed by atoms with E-state index in [0.717, 1.165) is 16.6 Å². The van der Waals surface area contributed by atoms with Gasteiger partial charge in [0.05, 0.1) is 35.6 Å². The molecule has 1 aromatic rings. The molecule has 0 aromatic carbocycles. The lowest BCUT2D eigenvalue weighted by Crippen LogP contribution is -2.50. The van der Waals surface area contributed by atoms with Crippen LogP contribution in [0.4, 0.5) is 0 Å². The monoisotopic (exact) mass is 332 g/mol. The Morgan fingerprint density at radius 1 is 1.58 bits per heavy atom. The Kier molecular flexibility index (Phi) is 5.98. The van der Waals surface area contributed by atoms with Gasteiger partial charge in [0.2, 0.25) is 0 Å². The van der Waals surface area contributed by atoms with Crippen molar-refractivity contribution in [2.45, 2.75) is 38.4 Å². The van der Waals surface area contributed by atoms with Crippen LogP contribution in [-0.4, -0.2) is 48.0 Å². The highest BCUT2D eigenvalue weighted by molar-refractivity contribution is 9.10. The van der Waals surface area contributed by atoms with Gasteiger partial charge in [-0.25, -0.2) is 0 Å².